The minimum Gasteiger partial charge on any atom is -0.459 e. The highest BCUT2D eigenvalue weighted by Gasteiger charge is 2.37. The molecule has 0 heterocycles. The van der Waals surface area contributed by atoms with E-state index >= 15 is 0 Å². The highest BCUT2D eigenvalue weighted by Crippen LogP contribution is 2.22. The van der Waals surface area contributed by atoms with Crippen molar-refractivity contribution in [1.29, 1.82) is 0 Å². The van der Waals surface area contributed by atoms with Crippen molar-refractivity contribution in [2.24, 2.45) is 5.92 Å². The lowest BCUT2D eigenvalue weighted by atomic mass is 10.1. The van der Waals surface area contributed by atoms with Crippen LogP contribution in [0.25, 0.3) is 0 Å². The molecule has 0 amide bonds. The minimum atomic E-state index is -0.955. The van der Waals surface area contributed by atoms with Crippen LogP contribution in [0.2, 0.25) is 0 Å². The van der Waals surface area contributed by atoms with Crippen LogP contribution >= 0.6 is 15.9 Å². The summed E-state index contributed by atoms with van der Waals surface area (Å²) in [7, 11) is 0. The summed E-state index contributed by atoms with van der Waals surface area (Å²) < 4.78 is 10.5. The van der Waals surface area contributed by atoms with Crippen LogP contribution in [0.1, 0.15) is 48.5 Å². The molecule has 0 saturated heterocycles. The first-order valence-corrected chi connectivity index (χ1v) is 6.85. The Balaban J connectivity index is 4.88. The summed E-state index contributed by atoms with van der Waals surface area (Å²) in [6.45, 7) is 12.3. The summed E-state index contributed by atoms with van der Waals surface area (Å²) in [4.78, 5) is 23.6. The number of alkyl halides is 1. The summed E-state index contributed by atoms with van der Waals surface area (Å²) >= 11 is 3.26. The van der Waals surface area contributed by atoms with Crippen LogP contribution in [0.3, 0.4) is 0 Å². The van der Waals surface area contributed by atoms with Gasteiger partial charge in [-0.3, -0.25) is 9.59 Å². The van der Waals surface area contributed by atoms with Crippen molar-refractivity contribution in [3.8, 4) is 0 Å². The second kappa shape index (κ2) is 6.04. The Labute approximate surface area is 118 Å². The molecule has 0 aromatic rings. The second-order valence-electron chi connectivity index (χ2n) is 6.22. The lowest BCUT2D eigenvalue weighted by Crippen LogP contribution is -2.40. The van der Waals surface area contributed by atoms with Crippen molar-refractivity contribution in [3.63, 3.8) is 0 Å². The molecule has 0 saturated carbocycles. The maximum atomic E-state index is 12.0. The monoisotopic (exact) mass is 322 g/mol. The van der Waals surface area contributed by atoms with Gasteiger partial charge in [0.25, 0.3) is 0 Å². The molecule has 0 spiro atoms. The Morgan fingerprint density at radius 1 is 0.889 bits per heavy atom. The molecule has 0 aliphatic carbocycles. The van der Waals surface area contributed by atoms with E-state index in [9.17, 15) is 9.59 Å². The van der Waals surface area contributed by atoms with Crippen molar-refractivity contribution in [2.75, 3.05) is 0 Å². The predicted molar refractivity (Wildman–Crippen MR) is 73.6 cm³/mol. The van der Waals surface area contributed by atoms with Crippen LogP contribution in [0.4, 0.5) is 0 Å². The van der Waals surface area contributed by atoms with Crippen molar-refractivity contribution >= 4 is 27.9 Å². The first-order valence-electron chi connectivity index (χ1n) is 5.93. The average Bonchev–Trinajstić information content (AvgIpc) is 1.93. The number of esters is 2. The van der Waals surface area contributed by atoms with Crippen molar-refractivity contribution in [1.82, 2.24) is 0 Å². The molecular formula is C13H23BrO4. The van der Waals surface area contributed by atoms with E-state index in [-0.39, 0.29) is 4.83 Å². The fourth-order valence-corrected chi connectivity index (χ4v) is 1.63. The van der Waals surface area contributed by atoms with E-state index < -0.39 is 29.1 Å². The number of ether oxygens (including phenoxy) is 2. The number of carbonyl (C=O) groups excluding carboxylic acids is 2. The van der Waals surface area contributed by atoms with Crippen LogP contribution in [-0.4, -0.2) is 28.0 Å². The third-order valence-corrected chi connectivity index (χ3v) is 2.31. The Bertz CT molecular complexity index is 282. The van der Waals surface area contributed by atoms with Gasteiger partial charge in [-0.15, -0.1) is 0 Å². The molecule has 0 bridgehead atoms. The zero-order valence-electron chi connectivity index (χ0n) is 12.2. The van der Waals surface area contributed by atoms with E-state index in [2.05, 4.69) is 15.9 Å². The van der Waals surface area contributed by atoms with Gasteiger partial charge in [0.2, 0.25) is 0 Å². The van der Waals surface area contributed by atoms with Crippen LogP contribution in [-0.2, 0) is 19.1 Å². The highest BCUT2D eigenvalue weighted by atomic mass is 79.9. The summed E-state index contributed by atoms with van der Waals surface area (Å²) in [6, 6.07) is 0. The zero-order chi connectivity index (χ0) is 14.7. The van der Waals surface area contributed by atoms with Crippen molar-refractivity contribution in [2.45, 2.75) is 64.5 Å². The third-order valence-electron chi connectivity index (χ3n) is 1.78. The molecule has 0 aliphatic rings. The lowest BCUT2D eigenvalue weighted by molar-refractivity contribution is -0.174. The van der Waals surface area contributed by atoms with E-state index in [1.807, 2.05) is 0 Å². The normalized spacial score (nSPS) is 14.3. The smallest absolute Gasteiger partial charge is 0.322 e. The highest BCUT2D eigenvalue weighted by molar-refractivity contribution is 9.09. The first kappa shape index (κ1) is 17.4. The zero-order valence-corrected chi connectivity index (χ0v) is 13.8. The number of carbonyl (C=O) groups is 2. The molecule has 0 fully saturated rings. The van der Waals surface area contributed by atoms with Gasteiger partial charge < -0.3 is 9.47 Å². The molecule has 0 N–H and O–H groups in total. The number of rotatable bonds is 3. The average molecular weight is 323 g/mol. The van der Waals surface area contributed by atoms with Crippen LogP contribution in [0.5, 0.6) is 0 Å². The van der Waals surface area contributed by atoms with Gasteiger partial charge in [0.15, 0.2) is 5.92 Å². The maximum absolute atomic E-state index is 12.0. The minimum absolute atomic E-state index is 0.345. The SMILES string of the molecule is CC(Br)C(C(=O)OC(C)(C)C)C(=O)OC(C)(C)C. The van der Waals surface area contributed by atoms with Gasteiger partial charge in [0.1, 0.15) is 11.2 Å². The van der Waals surface area contributed by atoms with E-state index in [1.54, 1.807) is 48.5 Å². The van der Waals surface area contributed by atoms with Gasteiger partial charge >= 0.3 is 11.9 Å². The molecule has 0 aromatic carbocycles. The van der Waals surface area contributed by atoms with E-state index in [0.717, 1.165) is 0 Å². The summed E-state index contributed by atoms with van der Waals surface area (Å²) in [5, 5.41) is 0. The van der Waals surface area contributed by atoms with Crippen molar-refractivity contribution in [3.05, 3.63) is 0 Å². The van der Waals surface area contributed by atoms with Crippen molar-refractivity contribution < 1.29 is 19.1 Å². The molecule has 0 aromatic heterocycles. The maximum Gasteiger partial charge on any atom is 0.322 e. The van der Waals surface area contributed by atoms with E-state index in [1.165, 1.54) is 0 Å². The predicted octanol–water partition coefficient (Wildman–Crippen LogP) is 3.07. The van der Waals surface area contributed by atoms with Gasteiger partial charge in [-0.05, 0) is 41.5 Å². The largest absolute Gasteiger partial charge is 0.459 e. The van der Waals surface area contributed by atoms with Gasteiger partial charge in [0, 0.05) is 4.83 Å². The Morgan fingerprint density at radius 3 is 1.33 bits per heavy atom. The Morgan fingerprint density at radius 2 is 1.17 bits per heavy atom. The Kier molecular flexibility index (Phi) is 5.85. The third kappa shape index (κ3) is 6.99. The summed E-state index contributed by atoms with van der Waals surface area (Å²) in [6.07, 6.45) is 0. The van der Waals surface area contributed by atoms with Gasteiger partial charge in [0.05, 0.1) is 0 Å². The molecule has 18 heavy (non-hydrogen) atoms. The fourth-order valence-electron chi connectivity index (χ4n) is 1.20. The summed E-state index contributed by atoms with van der Waals surface area (Å²) in [5.74, 6) is -2.09. The van der Waals surface area contributed by atoms with Gasteiger partial charge in [-0.1, -0.05) is 22.9 Å². The van der Waals surface area contributed by atoms with Gasteiger partial charge in [-0.25, -0.2) is 0 Å². The molecule has 4 nitrogen and oxygen atoms in total. The van der Waals surface area contributed by atoms with Crippen LogP contribution in [0, 0.1) is 5.92 Å². The molecule has 1 unspecified atom stereocenters. The number of halogens is 1. The fraction of sp³-hybridized carbons (Fsp3) is 0.846. The molecule has 0 aliphatic heterocycles. The van der Waals surface area contributed by atoms with E-state index in [0.29, 0.717) is 0 Å². The van der Waals surface area contributed by atoms with Crippen LogP contribution < -0.4 is 0 Å². The Hall–Kier alpha value is -0.580. The standard InChI is InChI=1S/C13H23BrO4/c1-8(14)9(10(15)17-12(2,3)4)11(16)18-13(5,6)7/h8-9H,1-7H3. The molecule has 1 atom stereocenters. The van der Waals surface area contributed by atoms with Gasteiger partial charge in [-0.2, -0.15) is 0 Å². The quantitative estimate of drug-likeness (QED) is 0.455. The lowest BCUT2D eigenvalue weighted by Gasteiger charge is -2.27. The van der Waals surface area contributed by atoms with E-state index in [4.69, 9.17) is 9.47 Å². The first-order chi connectivity index (χ1) is 7.83. The second-order valence-corrected chi connectivity index (χ2v) is 7.67. The molecule has 106 valence electrons. The topological polar surface area (TPSA) is 52.6 Å². The molecular weight excluding hydrogens is 300 g/mol. The number of hydrogen-bond acceptors (Lipinski definition) is 4. The molecule has 0 rings (SSSR count). The molecule has 5 heteroatoms. The number of hydrogen-bond donors (Lipinski definition) is 0. The summed E-state index contributed by atoms with van der Waals surface area (Å²) in [5.41, 5.74) is -1.25. The van der Waals surface area contributed by atoms with Crippen LogP contribution in [0.15, 0.2) is 0 Å². The molecule has 0 radical (unpaired) electrons.